The number of allylic oxidation sites excluding steroid dienone is 2. The number of amides is 2. The molecule has 0 fully saturated rings. The van der Waals surface area contributed by atoms with Crippen LogP contribution in [0.1, 0.15) is 56.3 Å². The number of carbonyl (C=O) groups is 3. The van der Waals surface area contributed by atoms with Crippen LogP contribution in [0.25, 0.3) is 0 Å². The number of methoxy groups -OCH3 is 1. The summed E-state index contributed by atoms with van der Waals surface area (Å²) in [4.78, 5) is 39.7. The Hall–Kier alpha value is -3.75. The molecule has 2 amide bonds. The van der Waals surface area contributed by atoms with Gasteiger partial charge in [-0.25, -0.2) is 0 Å². The Balaban J connectivity index is 2.31. The SMILES string of the molecule is C=CCCC[C@H](Cc1ccccc1)C(=O)O[C@@H](c1ccccc1)[C@H](COC)NC(=O)[C@@H](CC=C)CC(=O)N[C@@H](C)CO. The number of aliphatic hydroxyl groups excluding tert-OH is 1. The maximum atomic E-state index is 13.7. The Morgan fingerprint density at radius 2 is 1.62 bits per heavy atom. The Labute approximate surface area is 250 Å². The van der Waals surface area contributed by atoms with E-state index in [1.54, 1.807) is 13.0 Å². The molecule has 0 heterocycles. The standard InChI is InChI=1S/C34H46N2O6/c1-5-7-10-20-29(21-26-16-11-8-12-17-26)34(40)42-32(27-18-13-9-14-19-27)30(24-41-4)36-33(39)28(15-6-2)22-31(38)35-25(3)23-37/h5-6,8-9,11-14,16-19,25,28-30,32,37H,1-2,7,10,15,20-24H2,3-4H3,(H,35,38)(H,36,39)/t25-,28-,29+,30-,32-/m0/s1. The second-order valence-corrected chi connectivity index (χ2v) is 10.5. The lowest BCUT2D eigenvalue weighted by molar-refractivity contribution is -0.158. The molecule has 0 bridgehead atoms. The topological polar surface area (TPSA) is 114 Å². The summed E-state index contributed by atoms with van der Waals surface area (Å²) in [5, 5.41) is 14.9. The van der Waals surface area contributed by atoms with Crippen LogP contribution < -0.4 is 10.6 Å². The van der Waals surface area contributed by atoms with E-state index >= 15 is 0 Å². The van der Waals surface area contributed by atoms with E-state index in [2.05, 4.69) is 23.8 Å². The number of hydrogen-bond acceptors (Lipinski definition) is 6. The van der Waals surface area contributed by atoms with Gasteiger partial charge < -0.3 is 25.2 Å². The van der Waals surface area contributed by atoms with Crippen molar-refractivity contribution in [3.63, 3.8) is 0 Å². The van der Waals surface area contributed by atoms with Crippen molar-refractivity contribution in [2.24, 2.45) is 11.8 Å². The van der Waals surface area contributed by atoms with Crippen LogP contribution in [0.3, 0.4) is 0 Å². The van der Waals surface area contributed by atoms with Crippen LogP contribution in [0.5, 0.6) is 0 Å². The van der Waals surface area contributed by atoms with Crippen LogP contribution in [0, 0.1) is 11.8 Å². The van der Waals surface area contributed by atoms with E-state index in [1.807, 2.05) is 66.7 Å². The molecule has 8 heteroatoms. The van der Waals surface area contributed by atoms with Gasteiger partial charge in [-0.2, -0.15) is 0 Å². The van der Waals surface area contributed by atoms with Crippen LogP contribution in [0.2, 0.25) is 0 Å². The van der Waals surface area contributed by atoms with E-state index in [-0.39, 0.29) is 49.8 Å². The van der Waals surface area contributed by atoms with Crippen LogP contribution in [-0.4, -0.2) is 55.3 Å². The molecular formula is C34H46N2O6. The van der Waals surface area contributed by atoms with Crippen molar-refractivity contribution >= 4 is 17.8 Å². The summed E-state index contributed by atoms with van der Waals surface area (Å²) in [6.07, 6.45) is 5.53. The lowest BCUT2D eigenvalue weighted by Gasteiger charge is -2.30. The Bertz CT molecular complexity index is 1110. The quantitative estimate of drug-likeness (QED) is 0.119. The van der Waals surface area contributed by atoms with Gasteiger partial charge in [-0.15, -0.1) is 13.2 Å². The van der Waals surface area contributed by atoms with E-state index < -0.39 is 24.1 Å². The predicted octanol–water partition coefficient (Wildman–Crippen LogP) is 4.70. The van der Waals surface area contributed by atoms with E-state index in [9.17, 15) is 19.5 Å². The molecule has 0 aliphatic carbocycles. The minimum Gasteiger partial charge on any atom is -0.455 e. The summed E-state index contributed by atoms with van der Waals surface area (Å²) in [6, 6.07) is 17.9. The van der Waals surface area contributed by atoms with Gasteiger partial charge in [0.25, 0.3) is 0 Å². The molecule has 5 atom stereocenters. The molecule has 42 heavy (non-hydrogen) atoms. The highest BCUT2D eigenvalue weighted by Crippen LogP contribution is 2.27. The summed E-state index contributed by atoms with van der Waals surface area (Å²) in [5.74, 6) is -2.18. The number of unbranched alkanes of at least 4 members (excludes halogenated alkanes) is 1. The molecule has 0 unspecified atom stereocenters. The molecule has 3 N–H and O–H groups in total. The fourth-order valence-corrected chi connectivity index (χ4v) is 4.73. The number of esters is 1. The monoisotopic (exact) mass is 578 g/mol. The summed E-state index contributed by atoms with van der Waals surface area (Å²) in [7, 11) is 1.52. The van der Waals surface area contributed by atoms with Crippen molar-refractivity contribution in [2.45, 2.75) is 63.6 Å². The van der Waals surface area contributed by atoms with Crippen LogP contribution in [-0.2, 0) is 30.3 Å². The van der Waals surface area contributed by atoms with Crippen molar-refractivity contribution in [1.82, 2.24) is 10.6 Å². The van der Waals surface area contributed by atoms with Crippen LogP contribution in [0.15, 0.2) is 86.0 Å². The molecule has 0 saturated carbocycles. The van der Waals surface area contributed by atoms with Gasteiger partial charge in [0.15, 0.2) is 0 Å². The number of rotatable bonds is 20. The average molecular weight is 579 g/mol. The maximum Gasteiger partial charge on any atom is 0.309 e. The highest BCUT2D eigenvalue weighted by atomic mass is 16.5. The largest absolute Gasteiger partial charge is 0.455 e. The molecule has 2 aromatic carbocycles. The lowest BCUT2D eigenvalue weighted by Crippen LogP contribution is -2.47. The Morgan fingerprint density at radius 1 is 0.952 bits per heavy atom. The highest BCUT2D eigenvalue weighted by Gasteiger charge is 2.33. The number of aliphatic hydroxyl groups is 1. The summed E-state index contributed by atoms with van der Waals surface area (Å²) < 4.78 is 11.7. The highest BCUT2D eigenvalue weighted by molar-refractivity contribution is 5.86. The van der Waals surface area contributed by atoms with E-state index in [0.29, 0.717) is 18.4 Å². The third kappa shape index (κ3) is 12.0. The van der Waals surface area contributed by atoms with Gasteiger partial charge in [-0.3, -0.25) is 14.4 Å². The molecule has 0 spiro atoms. The second kappa shape index (κ2) is 19.4. The normalized spacial score (nSPS) is 14.5. The van der Waals surface area contributed by atoms with E-state index in [1.165, 1.54) is 7.11 Å². The molecular weight excluding hydrogens is 532 g/mol. The average Bonchev–Trinajstić information content (AvgIpc) is 2.99. The molecule has 8 nitrogen and oxygen atoms in total. The smallest absolute Gasteiger partial charge is 0.309 e. The number of hydrogen-bond donors (Lipinski definition) is 3. The molecule has 2 aromatic rings. The second-order valence-electron chi connectivity index (χ2n) is 10.5. The van der Waals surface area contributed by atoms with Crippen molar-refractivity contribution in [2.75, 3.05) is 20.3 Å². The zero-order valence-electron chi connectivity index (χ0n) is 24.9. The molecule has 0 saturated heterocycles. The van der Waals surface area contributed by atoms with E-state index in [0.717, 1.165) is 18.4 Å². The summed E-state index contributed by atoms with van der Waals surface area (Å²) >= 11 is 0. The minimum absolute atomic E-state index is 0.0763. The molecule has 2 rings (SSSR count). The fraction of sp³-hybridized carbons (Fsp3) is 0.441. The van der Waals surface area contributed by atoms with Crippen molar-refractivity contribution in [3.8, 4) is 0 Å². The molecule has 0 aromatic heterocycles. The maximum absolute atomic E-state index is 13.7. The first kappa shape index (κ1) is 34.5. The predicted molar refractivity (Wildman–Crippen MR) is 164 cm³/mol. The van der Waals surface area contributed by atoms with Gasteiger partial charge in [0, 0.05) is 19.6 Å². The summed E-state index contributed by atoms with van der Waals surface area (Å²) in [5.41, 5.74) is 1.75. The first-order valence-corrected chi connectivity index (χ1v) is 14.5. The van der Waals surface area contributed by atoms with Gasteiger partial charge in [0.05, 0.1) is 31.1 Å². The minimum atomic E-state index is -0.826. The third-order valence-electron chi connectivity index (χ3n) is 6.96. The van der Waals surface area contributed by atoms with Gasteiger partial charge in [-0.1, -0.05) is 72.8 Å². The molecule has 0 aliphatic rings. The van der Waals surface area contributed by atoms with Crippen molar-refractivity contribution in [1.29, 1.82) is 0 Å². The molecule has 0 aliphatic heterocycles. The first-order valence-electron chi connectivity index (χ1n) is 14.5. The van der Waals surface area contributed by atoms with Crippen LogP contribution >= 0.6 is 0 Å². The zero-order chi connectivity index (χ0) is 30.7. The number of nitrogens with one attached hydrogen (secondary N) is 2. The molecule has 0 radical (unpaired) electrons. The Morgan fingerprint density at radius 3 is 2.21 bits per heavy atom. The lowest BCUT2D eigenvalue weighted by atomic mass is 9.93. The fourth-order valence-electron chi connectivity index (χ4n) is 4.73. The number of benzene rings is 2. The third-order valence-corrected chi connectivity index (χ3v) is 6.96. The van der Waals surface area contributed by atoms with Crippen molar-refractivity contribution in [3.05, 3.63) is 97.1 Å². The van der Waals surface area contributed by atoms with Crippen LogP contribution in [0.4, 0.5) is 0 Å². The Kier molecular flexibility index (Phi) is 15.9. The van der Waals surface area contributed by atoms with E-state index in [4.69, 9.17) is 9.47 Å². The molecule has 228 valence electrons. The summed E-state index contributed by atoms with van der Waals surface area (Å²) in [6.45, 7) is 9.08. The van der Waals surface area contributed by atoms with Gasteiger partial charge in [-0.05, 0) is 50.2 Å². The van der Waals surface area contributed by atoms with Gasteiger partial charge in [0.2, 0.25) is 11.8 Å². The zero-order valence-corrected chi connectivity index (χ0v) is 24.9. The number of ether oxygens (including phenoxy) is 2. The van der Waals surface area contributed by atoms with Gasteiger partial charge >= 0.3 is 5.97 Å². The number of carbonyl (C=O) groups excluding carboxylic acids is 3. The van der Waals surface area contributed by atoms with Gasteiger partial charge in [0.1, 0.15) is 6.10 Å². The first-order chi connectivity index (χ1) is 20.3. The van der Waals surface area contributed by atoms with Crippen molar-refractivity contribution < 1.29 is 29.0 Å².